The Bertz CT molecular complexity index is 698. The van der Waals surface area contributed by atoms with Crippen LogP contribution in [0.2, 0.25) is 0 Å². The molecule has 5 nitrogen and oxygen atoms in total. The number of phenols is 1. The molecule has 2 aromatic carbocycles. The first-order chi connectivity index (χ1) is 10.7. The third kappa shape index (κ3) is 2.77. The number of anilines is 3. The number of piperazine rings is 1. The molecule has 3 N–H and O–H groups in total. The molecule has 1 fully saturated rings. The minimum atomic E-state index is 0.280. The Morgan fingerprint density at radius 1 is 0.955 bits per heavy atom. The standard InChI is InChI=1S/C17H18N4O/c18-12-13-11-14(19)1-6-17(13)21-9-7-20(8-10-21)15-2-4-16(22)5-3-15/h1-6,11,22H,7-10,19H2. The van der Waals surface area contributed by atoms with Crippen LogP contribution in [0.15, 0.2) is 42.5 Å². The van der Waals surface area contributed by atoms with Crippen LogP contribution < -0.4 is 15.5 Å². The van der Waals surface area contributed by atoms with E-state index in [2.05, 4.69) is 15.9 Å². The van der Waals surface area contributed by atoms with Crippen molar-refractivity contribution in [3.05, 3.63) is 48.0 Å². The highest BCUT2D eigenvalue weighted by Gasteiger charge is 2.19. The van der Waals surface area contributed by atoms with Gasteiger partial charge in [-0.25, -0.2) is 0 Å². The summed E-state index contributed by atoms with van der Waals surface area (Å²) in [5.41, 5.74) is 9.03. The van der Waals surface area contributed by atoms with Gasteiger partial charge in [-0.15, -0.1) is 0 Å². The van der Waals surface area contributed by atoms with Crippen LogP contribution in [0.4, 0.5) is 17.1 Å². The van der Waals surface area contributed by atoms with Crippen LogP contribution >= 0.6 is 0 Å². The number of nitrogens with zero attached hydrogens (tertiary/aromatic N) is 3. The van der Waals surface area contributed by atoms with Crippen LogP contribution in [0.5, 0.6) is 5.75 Å². The van der Waals surface area contributed by atoms with Gasteiger partial charge in [-0.05, 0) is 42.5 Å². The van der Waals surface area contributed by atoms with Crippen molar-refractivity contribution >= 4 is 17.1 Å². The van der Waals surface area contributed by atoms with E-state index in [1.807, 2.05) is 24.3 Å². The molecular weight excluding hydrogens is 276 g/mol. The van der Waals surface area contributed by atoms with E-state index >= 15 is 0 Å². The Morgan fingerprint density at radius 3 is 2.23 bits per heavy atom. The number of aromatic hydroxyl groups is 1. The van der Waals surface area contributed by atoms with Gasteiger partial charge in [0.1, 0.15) is 11.8 Å². The first-order valence-electron chi connectivity index (χ1n) is 7.26. The number of benzene rings is 2. The summed E-state index contributed by atoms with van der Waals surface area (Å²) >= 11 is 0. The summed E-state index contributed by atoms with van der Waals surface area (Å²) in [6.07, 6.45) is 0. The highest BCUT2D eigenvalue weighted by molar-refractivity contribution is 5.65. The predicted octanol–water partition coefficient (Wildman–Crippen LogP) is 2.17. The lowest BCUT2D eigenvalue weighted by atomic mass is 10.1. The number of hydrogen-bond donors (Lipinski definition) is 2. The highest BCUT2D eigenvalue weighted by Crippen LogP contribution is 2.25. The average molecular weight is 294 g/mol. The summed E-state index contributed by atoms with van der Waals surface area (Å²) in [6, 6.07) is 15.0. The summed E-state index contributed by atoms with van der Waals surface area (Å²) in [6.45, 7) is 3.44. The number of rotatable bonds is 2. The minimum Gasteiger partial charge on any atom is -0.508 e. The van der Waals surface area contributed by atoms with E-state index < -0.39 is 0 Å². The SMILES string of the molecule is N#Cc1cc(N)ccc1N1CCN(c2ccc(O)cc2)CC1. The molecule has 0 bridgehead atoms. The molecule has 0 saturated carbocycles. The molecule has 2 aromatic rings. The molecule has 1 aliphatic rings. The Kier molecular flexibility index (Phi) is 3.75. The van der Waals surface area contributed by atoms with Gasteiger partial charge in [0, 0.05) is 37.6 Å². The summed E-state index contributed by atoms with van der Waals surface area (Å²) in [4.78, 5) is 4.49. The van der Waals surface area contributed by atoms with Gasteiger partial charge in [0.05, 0.1) is 11.3 Å². The second kappa shape index (κ2) is 5.86. The predicted molar refractivity (Wildman–Crippen MR) is 88.1 cm³/mol. The summed E-state index contributed by atoms with van der Waals surface area (Å²) in [5, 5.41) is 18.6. The first kappa shape index (κ1) is 14.1. The first-order valence-corrected chi connectivity index (χ1v) is 7.26. The van der Waals surface area contributed by atoms with Gasteiger partial charge in [0.15, 0.2) is 0 Å². The smallest absolute Gasteiger partial charge is 0.115 e. The summed E-state index contributed by atoms with van der Waals surface area (Å²) < 4.78 is 0. The maximum atomic E-state index is 9.36. The monoisotopic (exact) mass is 294 g/mol. The maximum absolute atomic E-state index is 9.36. The van der Waals surface area contributed by atoms with E-state index in [4.69, 9.17) is 5.73 Å². The number of nitriles is 1. The van der Waals surface area contributed by atoms with Crippen LogP contribution in [-0.2, 0) is 0 Å². The molecule has 0 aliphatic carbocycles. The van der Waals surface area contributed by atoms with Crippen LogP contribution in [-0.4, -0.2) is 31.3 Å². The quantitative estimate of drug-likeness (QED) is 0.830. The Labute approximate surface area is 129 Å². The van der Waals surface area contributed by atoms with E-state index in [1.54, 1.807) is 18.2 Å². The molecule has 3 rings (SSSR count). The second-order valence-electron chi connectivity index (χ2n) is 5.38. The van der Waals surface area contributed by atoms with Crippen molar-refractivity contribution in [3.63, 3.8) is 0 Å². The van der Waals surface area contributed by atoms with Gasteiger partial charge < -0.3 is 20.6 Å². The fourth-order valence-corrected chi connectivity index (χ4v) is 2.79. The molecular formula is C17H18N4O. The third-order valence-corrected chi connectivity index (χ3v) is 3.98. The number of nitrogens with two attached hydrogens (primary N) is 1. The van der Waals surface area contributed by atoms with E-state index in [-0.39, 0.29) is 5.75 Å². The topological polar surface area (TPSA) is 76.5 Å². The molecule has 0 atom stereocenters. The number of phenolic OH excluding ortho intramolecular Hbond substituents is 1. The molecule has 0 unspecified atom stereocenters. The normalized spacial score (nSPS) is 14.7. The largest absolute Gasteiger partial charge is 0.508 e. The van der Waals surface area contributed by atoms with Gasteiger partial charge in [-0.2, -0.15) is 5.26 Å². The van der Waals surface area contributed by atoms with E-state index in [0.717, 1.165) is 37.6 Å². The molecule has 22 heavy (non-hydrogen) atoms. The lowest BCUT2D eigenvalue weighted by Gasteiger charge is -2.37. The molecule has 0 spiro atoms. The van der Waals surface area contributed by atoms with Crippen LogP contribution in [0.3, 0.4) is 0 Å². The van der Waals surface area contributed by atoms with Crippen molar-refractivity contribution in [2.45, 2.75) is 0 Å². The molecule has 5 heteroatoms. The zero-order valence-corrected chi connectivity index (χ0v) is 12.2. The molecule has 1 aliphatic heterocycles. The van der Waals surface area contributed by atoms with Gasteiger partial charge in [0.2, 0.25) is 0 Å². The fraction of sp³-hybridized carbons (Fsp3) is 0.235. The minimum absolute atomic E-state index is 0.280. The Hall–Kier alpha value is -2.87. The lowest BCUT2D eigenvalue weighted by molar-refractivity contribution is 0.475. The average Bonchev–Trinajstić information content (AvgIpc) is 2.56. The molecule has 0 amide bonds. The van der Waals surface area contributed by atoms with E-state index in [0.29, 0.717) is 11.3 Å². The van der Waals surface area contributed by atoms with Crippen LogP contribution in [0, 0.1) is 11.3 Å². The van der Waals surface area contributed by atoms with Gasteiger partial charge in [-0.1, -0.05) is 0 Å². The Morgan fingerprint density at radius 2 is 1.59 bits per heavy atom. The molecule has 0 aromatic heterocycles. The van der Waals surface area contributed by atoms with Crippen molar-refractivity contribution in [3.8, 4) is 11.8 Å². The lowest BCUT2D eigenvalue weighted by Crippen LogP contribution is -2.46. The zero-order chi connectivity index (χ0) is 15.5. The zero-order valence-electron chi connectivity index (χ0n) is 12.2. The van der Waals surface area contributed by atoms with Crippen molar-refractivity contribution in [2.75, 3.05) is 41.7 Å². The van der Waals surface area contributed by atoms with Crippen molar-refractivity contribution in [1.82, 2.24) is 0 Å². The number of hydrogen-bond acceptors (Lipinski definition) is 5. The Balaban J connectivity index is 1.72. The molecule has 112 valence electrons. The molecule has 0 radical (unpaired) electrons. The third-order valence-electron chi connectivity index (χ3n) is 3.98. The van der Waals surface area contributed by atoms with Gasteiger partial charge in [-0.3, -0.25) is 0 Å². The van der Waals surface area contributed by atoms with E-state index in [9.17, 15) is 10.4 Å². The van der Waals surface area contributed by atoms with Crippen molar-refractivity contribution < 1.29 is 5.11 Å². The van der Waals surface area contributed by atoms with Crippen LogP contribution in [0.25, 0.3) is 0 Å². The van der Waals surface area contributed by atoms with E-state index in [1.165, 1.54) is 0 Å². The number of nitrogen functional groups attached to an aromatic ring is 1. The van der Waals surface area contributed by atoms with Gasteiger partial charge in [0.25, 0.3) is 0 Å². The summed E-state index contributed by atoms with van der Waals surface area (Å²) in [5.74, 6) is 0.280. The fourth-order valence-electron chi connectivity index (χ4n) is 2.79. The highest BCUT2D eigenvalue weighted by atomic mass is 16.3. The van der Waals surface area contributed by atoms with Gasteiger partial charge >= 0.3 is 0 Å². The molecule has 1 heterocycles. The van der Waals surface area contributed by atoms with Crippen molar-refractivity contribution in [1.29, 1.82) is 5.26 Å². The van der Waals surface area contributed by atoms with Crippen LogP contribution in [0.1, 0.15) is 5.56 Å². The maximum Gasteiger partial charge on any atom is 0.115 e. The molecule has 1 saturated heterocycles. The van der Waals surface area contributed by atoms with Crippen molar-refractivity contribution in [2.24, 2.45) is 0 Å². The summed E-state index contributed by atoms with van der Waals surface area (Å²) in [7, 11) is 0. The second-order valence-corrected chi connectivity index (χ2v) is 5.38.